The summed E-state index contributed by atoms with van der Waals surface area (Å²) in [5.41, 5.74) is 1.31. The molecule has 1 N–H and O–H groups in total. The Morgan fingerprint density at radius 3 is 1.44 bits per heavy atom. The average Bonchev–Trinajstić information content (AvgIpc) is 2.90. The van der Waals surface area contributed by atoms with Gasteiger partial charge in [0.1, 0.15) is 5.75 Å². The summed E-state index contributed by atoms with van der Waals surface area (Å²) in [4.78, 5) is 0. The fourth-order valence-electron chi connectivity index (χ4n) is 5.25. The molecule has 202 valence electrons. The first-order chi connectivity index (χ1) is 17.8. The Bertz CT molecular complexity index is 784. The Labute approximate surface area is 222 Å². The van der Waals surface area contributed by atoms with Gasteiger partial charge < -0.3 is 9.84 Å². The average molecular weight is 495 g/mol. The standard InChI is InChI=1S/C34H54O2/c1-3-5-7-9-11-13-15-17-19-25-30(24-18-16-14-12-10-8-6-4-2)31-26-20-22-28-33(31)36-34-29-23-21-27-32(34)35/h20-23,26-30,35H,3-19,24-25H2,1-2H3. The van der Waals surface area contributed by atoms with Gasteiger partial charge >= 0.3 is 0 Å². The third kappa shape index (κ3) is 12.8. The van der Waals surface area contributed by atoms with Gasteiger partial charge in [0.25, 0.3) is 0 Å². The molecule has 0 aliphatic carbocycles. The maximum atomic E-state index is 10.2. The van der Waals surface area contributed by atoms with E-state index in [1.54, 1.807) is 6.07 Å². The zero-order chi connectivity index (χ0) is 25.7. The molecule has 1 atom stereocenters. The fourth-order valence-corrected chi connectivity index (χ4v) is 5.25. The van der Waals surface area contributed by atoms with Crippen LogP contribution < -0.4 is 4.74 Å². The molecule has 2 aromatic carbocycles. The number of para-hydroxylation sites is 3. The number of ether oxygens (including phenoxy) is 1. The van der Waals surface area contributed by atoms with Crippen molar-refractivity contribution in [1.82, 2.24) is 0 Å². The summed E-state index contributed by atoms with van der Waals surface area (Å²) in [6.07, 6.45) is 25.7. The normalized spacial score (nSPS) is 12.1. The summed E-state index contributed by atoms with van der Waals surface area (Å²) in [5, 5.41) is 10.2. The molecule has 2 rings (SSSR count). The number of hydrogen-bond acceptors (Lipinski definition) is 2. The van der Waals surface area contributed by atoms with Gasteiger partial charge in [0.15, 0.2) is 11.5 Å². The van der Waals surface area contributed by atoms with Gasteiger partial charge in [0.2, 0.25) is 0 Å². The van der Waals surface area contributed by atoms with Crippen molar-refractivity contribution in [3.63, 3.8) is 0 Å². The predicted octanol–water partition coefficient (Wildman–Crippen LogP) is 11.7. The smallest absolute Gasteiger partial charge is 0.169 e. The monoisotopic (exact) mass is 494 g/mol. The second kappa shape index (κ2) is 20.1. The maximum absolute atomic E-state index is 10.2. The zero-order valence-electron chi connectivity index (χ0n) is 23.5. The van der Waals surface area contributed by atoms with Crippen molar-refractivity contribution in [3.8, 4) is 17.2 Å². The molecule has 0 saturated heterocycles. The van der Waals surface area contributed by atoms with Crippen molar-refractivity contribution in [2.75, 3.05) is 0 Å². The van der Waals surface area contributed by atoms with E-state index in [2.05, 4.69) is 32.0 Å². The summed E-state index contributed by atoms with van der Waals surface area (Å²) in [7, 11) is 0. The molecule has 2 nitrogen and oxygen atoms in total. The van der Waals surface area contributed by atoms with Crippen molar-refractivity contribution in [3.05, 3.63) is 54.1 Å². The van der Waals surface area contributed by atoms with Crippen LogP contribution in [0, 0.1) is 0 Å². The molecular formula is C34H54O2. The molecule has 0 bridgehead atoms. The van der Waals surface area contributed by atoms with Crippen molar-refractivity contribution in [2.45, 2.75) is 142 Å². The zero-order valence-corrected chi connectivity index (χ0v) is 23.5. The van der Waals surface area contributed by atoms with Gasteiger partial charge in [-0.05, 0) is 42.5 Å². The lowest BCUT2D eigenvalue weighted by Crippen LogP contribution is -2.02. The third-order valence-corrected chi connectivity index (χ3v) is 7.51. The van der Waals surface area contributed by atoms with Gasteiger partial charge in [-0.25, -0.2) is 0 Å². The van der Waals surface area contributed by atoms with Gasteiger partial charge in [0.05, 0.1) is 0 Å². The van der Waals surface area contributed by atoms with Gasteiger partial charge in [0, 0.05) is 0 Å². The van der Waals surface area contributed by atoms with E-state index in [9.17, 15) is 5.11 Å². The van der Waals surface area contributed by atoms with E-state index < -0.39 is 0 Å². The van der Waals surface area contributed by atoms with Crippen LogP contribution in [-0.2, 0) is 0 Å². The van der Waals surface area contributed by atoms with Crippen molar-refractivity contribution in [1.29, 1.82) is 0 Å². The van der Waals surface area contributed by atoms with E-state index in [1.165, 1.54) is 128 Å². The van der Waals surface area contributed by atoms with Crippen LogP contribution in [0.15, 0.2) is 48.5 Å². The van der Waals surface area contributed by atoms with Gasteiger partial charge in [-0.2, -0.15) is 0 Å². The number of phenols is 1. The first-order valence-corrected chi connectivity index (χ1v) is 15.3. The molecule has 0 saturated carbocycles. The van der Waals surface area contributed by atoms with Crippen LogP contribution in [-0.4, -0.2) is 5.11 Å². The van der Waals surface area contributed by atoms with Crippen LogP contribution in [0.25, 0.3) is 0 Å². The topological polar surface area (TPSA) is 29.5 Å². The predicted molar refractivity (Wildman–Crippen MR) is 156 cm³/mol. The largest absolute Gasteiger partial charge is 0.504 e. The molecule has 36 heavy (non-hydrogen) atoms. The Balaban J connectivity index is 1.89. The van der Waals surface area contributed by atoms with E-state index in [-0.39, 0.29) is 5.75 Å². The van der Waals surface area contributed by atoms with Crippen LogP contribution in [0.2, 0.25) is 0 Å². The summed E-state index contributed by atoms with van der Waals surface area (Å²) in [6, 6.07) is 15.8. The maximum Gasteiger partial charge on any atom is 0.169 e. The molecule has 1 unspecified atom stereocenters. The van der Waals surface area contributed by atoms with Crippen LogP contribution in [0.4, 0.5) is 0 Å². The van der Waals surface area contributed by atoms with Gasteiger partial charge in [-0.15, -0.1) is 0 Å². The molecule has 0 amide bonds. The van der Waals surface area contributed by atoms with Crippen LogP contribution in [0.1, 0.15) is 147 Å². The summed E-state index contributed by atoms with van der Waals surface area (Å²) in [5.74, 6) is 2.17. The number of benzene rings is 2. The first kappa shape index (κ1) is 30.3. The summed E-state index contributed by atoms with van der Waals surface area (Å²) >= 11 is 0. The number of hydrogen-bond donors (Lipinski definition) is 1. The second-order valence-electron chi connectivity index (χ2n) is 10.7. The number of phenolic OH excluding ortho intramolecular Hbond substituents is 1. The Morgan fingerprint density at radius 1 is 0.528 bits per heavy atom. The van der Waals surface area contributed by atoms with Gasteiger partial charge in [-0.3, -0.25) is 0 Å². The molecule has 0 heterocycles. The molecule has 0 radical (unpaired) electrons. The molecule has 0 fully saturated rings. The van der Waals surface area contributed by atoms with Crippen LogP contribution in [0.3, 0.4) is 0 Å². The summed E-state index contributed by atoms with van der Waals surface area (Å²) < 4.78 is 6.25. The van der Waals surface area contributed by atoms with E-state index in [0.29, 0.717) is 11.7 Å². The Hall–Kier alpha value is -1.96. The van der Waals surface area contributed by atoms with E-state index in [0.717, 1.165) is 5.75 Å². The number of rotatable bonds is 22. The van der Waals surface area contributed by atoms with E-state index >= 15 is 0 Å². The van der Waals surface area contributed by atoms with E-state index in [1.807, 2.05) is 24.3 Å². The molecule has 0 aliphatic heterocycles. The lowest BCUT2D eigenvalue weighted by Gasteiger charge is -2.21. The minimum atomic E-state index is 0.200. The number of unbranched alkanes of at least 4 members (excludes halogenated alkanes) is 15. The molecule has 2 aromatic rings. The van der Waals surface area contributed by atoms with Gasteiger partial charge in [-0.1, -0.05) is 153 Å². The van der Waals surface area contributed by atoms with Crippen molar-refractivity contribution < 1.29 is 9.84 Å². The molecule has 0 aromatic heterocycles. The molecule has 0 aliphatic rings. The quantitative estimate of drug-likeness (QED) is 0.165. The minimum Gasteiger partial charge on any atom is -0.504 e. The minimum absolute atomic E-state index is 0.200. The molecule has 0 spiro atoms. The summed E-state index contributed by atoms with van der Waals surface area (Å²) in [6.45, 7) is 4.57. The molecular weight excluding hydrogens is 440 g/mol. The fraction of sp³-hybridized carbons (Fsp3) is 0.647. The third-order valence-electron chi connectivity index (χ3n) is 7.51. The SMILES string of the molecule is CCCCCCCCCCCC(CCCCCCCCCC)c1ccccc1Oc1ccccc1O. The van der Waals surface area contributed by atoms with Crippen molar-refractivity contribution in [2.24, 2.45) is 0 Å². The van der Waals surface area contributed by atoms with Crippen molar-refractivity contribution >= 4 is 0 Å². The van der Waals surface area contributed by atoms with Crippen LogP contribution >= 0.6 is 0 Å². The Morgan fingerprint density at radius 2 is 0.944 bits per heavy atom. The first-order valence-electron chi connectivity index (χ1n) is 15.3. The highest BCUT2D eigenvalue weighted by Crippen LogP contribution is 2.38. The highest BCUT2D eigenvalue weighted by atomic mass is 16.5. The Kier molecular flexibility index (Phi) is 16.9. The number of aromatic hydroxyl groups is 1. The molecule has 2 heteroatoms. The highest BCUT2D eigenvalue weighted by Gasteiger charge is 2.17. The van der Waals surface area contributed by atoms with Crippen LogP contribution in [0.5, 0.6) is 17.2 Å². The lowest BCUT2D eigenvalue weighted by atomic mass is 9.87. The lowest BCUT2D eigenvalue weighted by molar-refractivity contribution is 0.402. The highest BCUT2D eigenvalue weighted by molar-refractivity contribution is 5.45. The second-order valence-corrected chi connectivity index (χ2v) is 10.7. The van der Waals surface area contributed by atoms with E-state index in [4.69, 9.17) is 4.74 Å².